The van der Waals surface area contributed by atoms with Gasteiger partial charge in [-0.25, -0.2) is 4.79 Å². The topological polar surface area (TPSA) is 94.7 Å². The van der Waals surface area contributed by atoms with Crippen LogP contribution in [0.25, 0.3) is 10.9 Å². The molecule has 4 rings (SSSR count). The molecule has 0 radical (unpaired) electrons. The zero-order chi connectivity index (χ0) is 22.8. The van der Waals surface area contributed by atoms with Crippen LogP contribution in [-0.4, -0.2) is 40.5 Å². The van der Waals surface area contributed by atoms with Gasteiger partial charge in [0.25, 0.3) is 0 Å². The maximum absolute atomic E-state index is 11.8. The second kappa shape index (κ2) is 9.04. The van der Waals surface area contributed by atoms with E-state index in [9.17, 15) is 14.7 Å². The van der Waals surface area contributed by atoms with Crippen molar-refractivity contribution < 1.29 is 19.4 Å². The number of methoxy groups -OCH3 is 1. The van der Waals surface area contributed by atoms with Gasteiger partial charge in [0, 0.05) is 47.9 Å². The summed E-state index contributed by atoms with van der Waals surface area (Å²) in [5.41, 5.74) is 5.05. The minimum Gasteiger partial charge on any atom is -0.496 e. The molecule has 2 aromatic carbocycles. The Morgan fingerprint density at radius 1 is 1.25 bits per heavy atom. The SMILES string of the molecule is COc1cc(C)c2[nH]ccc2c1CN1CCCC[C@@H]1c1ccc(C(=O)O)cc1NC(C)=O. The highest BCUT2D eigenvalue weighted by atomic mass is 16.5. The Bertz CT molecular complexity index is 1170. The summed E-state index contributed by atoms with van der Waals surface area (Å²) in [6.07, 6.45) is 5.05. The molecule has 0 unspecified atom stereocenters. The summed E-state index contributed by atoms with van der Waals surface area (Å²) < 4.78 is 5.74. The number of fused-ring (bicyclic) bond motifs is 1. The van der Waals surface area contributed by atoms with Crippen molar-refractivity contribution in [3.63, 3.8) is 0 Å². The van der Waals surface area contributed by atoms with Crippen LogP contribution < -0.4 is 10.1 Å². The van der Waals surface area contributed by atoms with Crippen LogP contribution in [0.5, 0.6) is 5.75 Å². The largest absolute Gasteiger partial charge is 0.496 e. The lowest BCUT2D eigenvalue weighted by atomic mass is 9.92. The molecule has 1 aromatic heterocycles. The van der Waals surface area contributed by atoms with Crippen molar-refractivity contribution in [2.24, 2.45) is 0 Å². The Morgan fingerprint density at radius 3 is 2.78 bits per heavy atom. The van der Waals surface area contributed by atoms with Crippen molar-refractivity contribution >= 4 is 28.5 Å². The van der Waals surface area contributed by atoms with E-state index in [1.165, 1.54) is 6.92 Å². The number of aryl methyl sites for hydroxylation is 1. The first-order valence-electron chi connectivity index (χ1n) is 10.9. The fourth-order valence-corrected chi connectivity index (χ4v) is 4.79. The molecule has 7 heteroatoms. The number of nitrogens with one attached hydrogen (secondary N) is 2. The molecule has 1 aliphatic heterocycles. The Kier molecular flexibility index (Phi) is 6.19. The molecule has 3 aromatic rings. The second-order valence-corrected chi connectivity index (χ2v) is 8.41. The maximum Gasteiger partial charge on any atom is 0.335 e. The predicted molar refractivity (Wildman–Crippen MR) is 124 cm³/mol. The van der Waals surface area contributed by atoms with Crippen molar-refractivity contribution in [1.29, 1.82) is 0 Å². The lowest BCUT2D eigenvalue weighted by Gasteiger charge is -2.37. The average molecular weight is 436 g/mol. The Labute approximate surface area is 187 Å². The molecule has 0 saturated carbocycles. The lowest BCUT2D eigenvalue weighted by Crippen LogP contribution is -2.33. The number of carbonyl (C=O) groups excluding carboxylic acids is 1. The number of H-pyrrole nitrogens is 1. The maximum atomic E-state index is 11.8. The van der Waals surface area contributed by atoms with Gasteiger partial charge < -0.3 is 20.1 Å². The normalized spacial score (nSPS) is 16.8. The number of amides is 1. The number of rotatable bonds is 6. The van der Waals surface area contributed by atoms with Crippen LogP contribution in [0.1, 0.15) is 59.3 Å². The quantitative estimate of drug-likeness (QED) is 0.514. The highest BCUT2D eigenvalue weighted by Crippen LogP contribution is 2.39. The molecule has 7 nitrogen and oxygen atoms in total. The summed E-state index contributed by atoms with van der Waals surface area (Å²) in [5.74, 6) is -0.365. The Balaban J connectivity index is 1.75. The third kappa shape index (κ3) is 4.21. The average Bonchev–Trinajstić information content (AvgIpc) is 3.26. The van der Waals surface area contributed by atoms with E-state index in [1.807, 2.05) is 12.3 Å². The zero-order valence-electron chi connectivity index (χ0n) is 18.7. The molecule has 1 saturated heterocycles. The number of carbonyl (C=O) groups is 2. The highest BCUT2D eigenvalue weighted by Gasteiger charge is 2.28. The molecular formula is C25H29N3O4. The Hall–Kier alpha value is -3.32. The van der Waals surface area contributed by atoms with E-state index in [4.69, 9.17) is 4.74 Å². The van der Waals surface area contributed by atoms with Crippen LogP contribution >= 0.6 is 0 Å². The number of aromatic amines is 1. The molecule has 1 atom stereocenters. The fourth-order valence-electron chi connectivity index (χ4n) is 4.79. The summed E-state index contributed by atoms with van der Waals surface area (Å²) in [4.78, 5) is 29.1. The molecule has 1 fully saturated rings. The predicted octanol–water partition coefficient (Wildman–Crippen LogP) is 4.87. The molecule has 0 aliphatic carbocycles. The van der Waals surface area contributed by atoms with Gasteiger partial charge in [-0.3, -0.25) is 9.69 Å². The molecule has 168 valence electrons. The minimum absolute atomic E-state index is 0.0634. The van der Waals surface area contributed by atoms with Crippen LogP contribution in [0.3, 0.4) is 0 Å². The zero-order valence-corrected chi connectivity index (χ0v) is 18.7. The van der Waals surface area contributed by atoms with Crippen molar-refractivity contribution in [3.05, 3.63) is 58.8 Å². The monoisotopic (exact) mass is 435 g/mol. The molecule has 0 bridgehead atoms. The highest BCUT2D eigenvalue weighted by molar-refractivity contribution is 5.94. The summed E-state index contributed by atoms with van der Waals surface area (Å²) in [7, 11) is 1.70. The van der Waals surface area contributed by atoms with E-state index in [0.717, 1.165) is 59.2 Å². The number of aromatic nitrogens is 1. The van der Waals surface area contributed by atoms with Gasteiger partial charge in [-0.05, 0) is 61.7 Å². The van der Waals surface area contributed by atoms with Crippen molar-refractivity contribution in [3.8, 4) is 5.75 Å². The molecular weight excluding hydrogens is 406 g/mol. The summed E-state index contributed by atoms with van der Waals surface area (Å²) in [5, 5.41) is 13.4. The van der Waals surface area contributed by atoms with Gasteiger partial charge in [0.2, 0.25) is 5.91 Å². The number of anilines is 1. The van der Waals surface area contributed by atoms with Gasteiger partial charge in [0.15, 0.2) is 0 Å². The Morgan fingerprint density at radius 2 is 2.06 bits per heavy atom. The van der Waals surface area contributed by atoms with E-state index >= 15 is 0 Å². The number of hydrogen-bond acceptors (Lipinski definition) is 4. The van der Waals surface area contributed by atoms with E-state index in [-0.39, 0.29) is 17.5 Å². The smallest absolute Gasteiger partial charge is 0.335 e. The number of carboxylic acid groups (broad SMARTS) is 1. The van der Waals surface area contributed by atoms with E-state index < -0.39 is 5.97 Å². The third-order valence-corrected chi connectivity index (χ3v) is 6.28. The number of likely N-dealkylation sites (tertiary alicyclic amines) is 1. The van der Waals surface area contributed by atoms with Gasteiger partial charge in [-0.1, -0.05) is 12.5 Å². The first-order valence-corrected chi connectivity index (χ1v) is 10.9. The van der Waals surface area contributed by atoms with Crippen molar-refractivity contribution in [2.45, 2.75) is 45.7 Å². The van der Waals surface area contributed by atoms with Gasteiger partial charge in [-0.15, -0.1) is 0 Å². The van der Waals surface area contributed by atoms with Gasteiger partial charge in [0.05, 0.1) is 12.7 Å². The molecule has 3 N–H and O–H groups in total. The van der Waals surface area contributed by atoms with Crippen LogP contribution in [0.2, 0.25) is 0 Å². The van der Waals surface area contributed by atoms with Crippen molar-refractivity contribution in [1.82, 2.24) is 9.88 Å². The molecule has 2 heterocycles. The summed E-state index contributed by atoms with van der Waals surface area (Å²) >= 11 is 0. The van der Waals surface area contributed by atoms with Crippen LogP contribution in [-0.2, 0) is 11.3 Å². The van der Waals surface area contributed by atoms with E-state index in [0.29, 0.717) is 12.2 Å². The van der Waals surface area contributed by atoms with Gasteiger partial charge in [0.1, 0.15) is 5.75 Å². The number of benzene rings is 2. The lowest BCUT2D eigenvalue weighted by molar-refractivity contribution is -0.114. The van der Waals surface area contributed by atoms with E-state index in [2.05, 4.69) is 34.3 Å². The number of nitrogens with zero attached hydrogens (tertiary/aromatic N) is 1. The first-order chi connectivity index (χ1) is 15.4. The molecule has 1 amide bonds. The number of hydrogen-bond donors (Lipinski definition) is 3. The third-order valence-electron chi connectivity index (χ3n) is 6.28. The van der Waals surface area contributed by atoms with Crippen LogP contribution in [0.4, 0.5) is 5.69 Å². The number of carboxylic acids is 1. The van der Waals surface area contributed by atoms with Crippen LogP contribution in [0, 0.1) is 6.92 Å². The molecule has 32 heavy (non-hydrogen) atoms. The van der Waals surface area contributed by atoms with Gasteiger partial charge in [-0.2, -0.15) is 0 Å². The first kappa shape index (κ1) is 21.9. The standard InChI is InChI=1S/C25H29N3O4/c1-15-12-23(32-3)20(18-9-10-26-24(15)18)14-28-11-5-4-6-22(28)19-8-7-17(25(30)31)13-21(19)27-16(2)29/h7-10,12-13,22,26H,4-6,11,14H2,1-3H3,(H,27,29)(H,30,31)/t22-/m1/s1. The van der Waals surface area contributed by atoms with Crippen LogP contribution in [0.15, 0.2) is 36.5 Å². The number of aromatic carboxylic acids is 1. The molecule has 1 aliphatic rings. The number of ether oxygens (including phenoxy) is 1. The van der Waals surface area contributed by atoms with Gasteiger partial charge >= 0.3 is 5.97 Å². The van der Waals surface area contributed by atoms with E-state index in [1.54, 1.807) is 19.2 Å². The number of piperidine rings is 1. The van der Waals surface area contributed by atoms with Crippen molar-refractivity contribution in [2.75, 3.05) is 19.0 Å². The summed E-state index contributed by atoms with van der Waals surface area (Å²) in [6.45, 7) is 5.12. The molecule has 0 spiro atoms. The second-order valence-electron chi connectivity index (χ2n) is 8.41. The summed E-state index contributed by atoms with van der Waals surface area (Å²) in [6, 6.07) is 9.24. The minimum atomic E-state index is -1.01. The fraction of sp³-hybridized carbons (Fsp3) is 0.360.